The van der Waals surface area contributed by atoms with Gasteiger partial charge in [0.25, 0.3) is 0 Å². The van der Waals surface area contributed by atoms with Crippen molar-refractivity contribution in [2.45, 2.75) is 13.3 Å². The smallest absolute Gasteiger partial charge is 0.231 e. The van der Waals surface area contributed by atoms with Gasteiger partial charge in [0.05, 0.1) is 0 Å². The second kappa shape index (κ2) is 7.05. The lowest BCUT2D eigenvalue weighted by atomic mass is 10.2. The number of hydrogen-bond donors (Lipinski definition) is 1. The molecular weight excluding hydrogens is 292 g/mol. The summed E-state index contributed by atoms with van der Waals surface area (Å²) < 4.78 is 10.6. The summed E-state index contributed by atoms with van der Waals surface area (Å²) in [4.78, 5) is 14.2. The van der Waals surface area contributed by atoms with Crippen molar-refractivity contribution in [1.82, 2.24) is 0 Å². The first kappa shape index (κ1) is 15.2. The number of fused-ring (bicyclic) bond motifs is 1. The highest BCUT2D eigenvalue weighted by atomic mass is 16.7. The molecule has 1 N–H and O–H groups in total. The van der Waals surface area contributed by atoms with Crippen molar-refractivity contribution in [2.24, 2.45) is 0 Å². The van der Waals surface area contributed by atoms with E-state index in [0.717, 1.165) is 22.9 Å². The number of hydrogen-bond acceptors (Lipinski definition) is 4. The normalized spacial score (nSPS) is 12.0. The molecule has 120 valence electrons. The maximum Gasteiger partial charge on any atom is 0.231 e. The van der Waals surface area contributed by atoms with E-state index in [9.17, 15) is 4.79 Å². The Kier molecular flexibility index (Phi) is 4.66. The second-order valence-corrected chi connectivity index (χ2v) is 5.22. The Hall–Kier alpha value is -2.69. The summed E-state index contributed by atoms with van der Waals surface area (Å²) in [5, 5.41) is 3.25. The molecule has 1 aliphatic rings. The lowest BCUT2D eigenvalue weighted by Gasteiger charge is -2.21. The largest absolute Gasteiger partial charge is 0.454 e. The topological polar surface area (TPSA) is 50.8 Å². The highest BCUT2D eigenvalue weighted by Crippen LogP contribution is 2.34. The molecule has 1 heterocycles. The highest BCUT2D eigenvalue weighted by molar-refractivity contribution is 5.93. The third kappa shape index (κ3) is 3.56. The Bertz CT molecular complexity index is 673. The lowest BCUT2D eigenvalue weighted by molar-refractivity contribution is -0.118. The van der Waals surface area contributed by atoms with Crippen LogP contribution in [0.4, 0.5) is 11.4 Å². The number of para-hydroxylation sites is 1. The summed E-state index contributed by atoms with van der Waals surface area (Å²) in [6, 6.07) is 15.4. The number of benzene rings is 2. The summed E-state index contributed by atoms with van der Waals surface area (Å²) in [6.07, 6.45) is 0.428. The molecule has 3 rings (SSSR count). The van der Waals surface area contributed by atoms with Crippen molar-refractivity contribution in [1.29, 1.82) is 0 Å². The van der Waals surface area contributed by atoms with Crippen LogP contribution in [0.3, 0.4) is 0 Å². The van der Waals surface area contributed by atoms with Crippen LogP contribution in [-0.4, -0.2) is 25.8 Å². The number of nitrogens with one attached hydrogen (secondary N) is 1. The van der Waals surface area contributed by atoms with Crippen LogP contribution in [0, 0.1) is 0 Å². The first-order valence-corrected chi connectivity index (χ1v) is 7.77. The van der Waals surface area contributed by atoms with Crippen molar-refractivity contribution >= 4 is 17.3 Å². The molecule has 5 nitrogen and oxygen atoms in total. The fourth-order valence-corrected chi connectivity index (χ4v) is 2.57. The van der Waals surface area contributed by atoms with Gasteiger partial charge in [-0.2, -0.15) is 0 Å². The van der Waals surface area contributed by atoms with Crippen molar-refractivity contribution < 1.29 is 14.3 Å². The monoisotopic (exact) mass is 312 g/mol. The summed E-state index contributed by atoms with van der Waals surface area (Å²) in [5.74, 6) is 1.60. The van der Waals surface area contributed by atoms with E-state index in [1.54, 1.807) is 4.90 Å². The molecule has 23 heavy (non-hydrogen) atoms. The van der Waals surface area contributed by atoms with E-state index in [1.807, 2.05) is 55.5 Å². The Balaban J connectivity index is 1.54. The molecule has 0 spiro atoms. The first-order chi connectivity index (χ1) is 11.3. The van der Waals surface area contributed by atoms with Crippen LogP contribution in [0.2, 0.25) is 0 Å². The maximum absolute atomic E-state index is 12.4. The highest BCUT2D eigenvalue weighted by Gasteiger charge is 2.15. The molecule has 0 radical (unpaired) electrons. The van der Waals surface area contributed by atoms with E-state index in [4.69, 9.17) is 9.47 Å². The molecule has 0 atom stereocenters. The van der Waals surface area contributed by atoms with Crippen LogP contribution in [0.5, 0.6) is 11.5 Å². The van der Waals surface area contributed by atoms with Crippen molar-refractivity contribution in [3.8, 4) is 11.5 Å². The predicted molar refractivity (Wildman–Crippen MR) is 90.1 cm³/mol. The first-order valence-electron chi connectivity index (χ1n) is 7.77. The van der Waals surface area contributed by atoms with Crippen molar-refractivity contribution in [3.05, 3.63) is 48.5 Å². The van der Waals surface area contributed by atoms with E-state index in [-0.39, 0.29) is 12.7 Å². The molecule has 1 amide bonds. The molecule has 0 saturated heterocycles. The molecule has 1 aliphatic heterocycles. The van der Waals surface area contributed by atoms with Gasteiger partial charge in [-0.15, -0.1) is 0 Å². The fraction of sp³-hybridized carbons (Fsp3) is 0.278. The van der Waals surface area contributed by atoms with Gasteiger partial charge in [0.2, 0.25) is 12.7 Å². The molecule has 0 saturated carbocycles. The third-order valence-corrected chi connectivity index (χ3v) is 3.73. The Labute approximate surface area is 135 Å². The minimum atomic E-state index is 0.104. The number of ether oxygens (including phenoxy) is 2. The van der Waals surface area contributed by atoms with Crippen LogP contribution >= 0.6 is 0 Å². The lowest BCUT2D eigenvalue weighted by Crippen LogP contribution is -2.31. The van der Waals surface area contributed by atoms with E-state index in [1.165, 1.54) is 0 Å². The van der Waals surface area contributed by atoms with E-state index < -0.39 is 0 Å². The fourth-order valence-electron chi connectivity index (χ4n) is 2.57. The van der Waals surface area contributed by atoms with Crippen LogP contribution in [0.1, 0.15) is 13.3 Å². The van der Waals surface area contributed by atoms with E-state index in [2.05, 4.69) is 5.32 Å². The average Bonchev–Trinajstić information content (AvgIpc) is 3.04. The Morgan fingerprint density at radius 3 is 2.70 bits per heavy atom. The van der Waals surface area contributed by atoms with Crippen molar-refractivity contribution in [3.63, 3.8) is 0 Å². The van der Waals surface area contributed by atoms with Crippen LogP contribution in [0.15, 0.2) is 48.5 Å². The zero-order chi connectivity index (χ0) is 16.1. The minimum Gasteiger partial charge on any atom is -0.454 e. The Morgan fingerprint density at radius 1 is 1.13 bits per heavy atom. The number of amides is 1. The minimum absolute atomic E-state index is 0.104. The van der Waals surface area contributed by atoms with Gasteiger partial charge in [0.15, 0.2) is 11.5 Å². The summed E-state index contributed by atoms with van der Waals surface area (Å²) in [5.41, 5.74) is 1.85. The second-order valence-electron chi connectivity index (χ2n) is 5.22. The molecule has 0 aliphatic carbocycles. The third-order valence-electron chi connectivity index (χ3n) is 3.73. The van der Waals surface area contributed by atoms with Gasteiger partial charge >= 0.3 is 0 Å². The standard InChI is InChI=1S/C18H20N2O3/c1-2-20(15-6-4-3-5-7-15)18(21)10-11-19-14-8-9-16-17(12-14)23-13-22-16/h3-9,12,19H,2,10-11,13H2,1H3. The summed E-state index contributed by atoms with van der Waals surface area (Å²) in [7, 11) is 0. The SMILES string of the molecule is CCN(C(=O)CCNc1ccc2c(c1)OCO2)c1ccccc1. The zero-order valence-electron chi connectivity index (χ0n) is 13.1. The zero-order valence-corrected chi connectivity index (χ0v) is 13.1. The van der Waals surface area contributed by atoms with Gasteiger partial charge in [-0.3, -0.25) is 4.79 Å². The molecule has 0 bridgehead atoms. The van der Waals surface area contributed by atoms with Gasteiger partial charge in [0.1, 0.15) is 0 Å². The molecule has 0 fully saturated rings. The molecule has 0 aromatic heterocycles. The van der Waals surface area contributed by atoms with Crippen LogP contribution in [0.25, 0.3) is 0 Å². The molecule has 0 unspecified atom stereocenters. The van der Waals surface area contributed by atoms with Gasteiger partial charge in [0, 0.05) is 37.0 Å². The number of nitrogens with zero attached hydrogens (tertiary/aromatic N) is 1. The number of rotatable bonds is 6. The number of carbonyl (C=O) groups is 1. The van der Waals surface area contributed by atoms with Crippen molar-refractivity contribution in [2.75, 3.05) is 30.1 Å². The van der Waals surface area contributed by atoms with Gasteiger partial charge in [-0.1, -0.05) is 18.2 Å². The predicted octanol–water partition coefficient (Wildman–Crippen LogP) is 3.27. The molecule has 2 aromatic carbocycles. The van der Waals surface area contributed by atoms with Gasteiger partial charge in [-0.25, -0.2) is 0 Å². The summed E-state index contributed by atoms with van der Waals surface area (Å²) >= 11 is 0. The van der Waals surface area contributed by atoms with E-state index >= 15 is 0 Å². The number of anilines is 2. The van der Waals surface area contributed by atoms with E-state index in [0.29, 0.717) is 19.5 Å². The number of carbonyl (C=O) groups excluding carboxylic acids is 1. The van der Waals surface area contributed by atoms with Gasteiger partial charge in [-0.05, 0) is 31.2 Å². The average molecular weight is 312 g/mol. The molecular formula is C18H20N2O3. The maximum atomic E-state index is 12.4. The van der Waals surface area contributed by atoms with Crippen LogP contribution < -0.4 is 19.7 Å². The Morgan fingerprint density at radius 2 is 1.91 bits per heavy atom. The molecule has 2 aromatic rings. The molecule has 5 heteroatoms. The quantitative estimate of drug-likeness (QED) is 0.889. The summed E-state index contributed by atoms with van der Waals surface area (Å²) in [6.45, 7) is 3.48. The van der Waals surface area contributed by atoms with Crippen LogP contribution in [-0.2, 0) is 4.79 Å². The van der Waals surface area contributed by atoms with Gasteiger partial charge < -0.3 is 19.7 Å².